The quantitative estimate of drug-likeness (QED) is 0.0454. The van der Waals surface area contributed by atoms with Gasteiger partial charge in [0.15, 0.2) is 0 Å². The van der Waals surface area contributed by atoms with Crippen LogP contribution in [0.3, 0.4) is 0 Å². The van der Waals surface area contributed by atoms with Gasteiger partial charge in [-0.05, 0) is 57.8 Å². The Morgan fingerprint density at radius 3 is 1.42 bits per heavy atom. The van der Waals surface area contributed by atoms with Crippen LogP contribution in [-0.4, -0.2) is 46.1 Å². The number of rotatable bonds is 32. The molecule has 0 heterocycles. The molecule has 0 aromatic heterocycles. The summed E-state index contributed by atoms with van der Waals surface area (Å²) in [6.45, 7) is 4.12. The summed E-state index contributed by atoms with van der Waals surface area (Å²) in [5.41, 5.74) is 0. The first kappa shape index (κ1) is 41.6. The van der Waals surface area contributed by atoms with Gasteiger partial charge in [-0.2, -0.15) is 0 Å². The summed E-state index contributed by atoms with van der Waals surface area (Å²) in [6.07, 6.45) is 40.2. The molecule has 0 spiro atoms. The molecule has 0 rings (SSSR count). The van der Waals surface area contributed by atoms with Gasteiger partial charge in [0.1, 0.15) is 6.10 Å². The molecule has 4 N–H and O–H groups in total. The topological polar surface area (TPSA) is 89.8 Å². The molecule has 0 aromatic rings. The van der Waals surface area contributed by atoms with Crippen molar-refractivity contribution in [2.45, 2.75) is 193 Å². The fourth-order valence-electron chi connectivity index (χ4n) is 5.25. The Bertz CT molecular complexity index is 675. The minimum absolute atomic E-state index is 0.379. The van der Waals surface area contributed by atoms with Gasteiger partial charge >= 0.3 is 0 Å². The minimum atomic E-state index is -1.11. The first-order chi connectivity index (χ1) is 21.1. The van der Waals surface area contributed by atoms with Crippen LogP contribution in [0, 0.1) is 0 Å². The molecule has 0 aliphatic heterocycles. The third-order valence-corrected chi connectivity index (χ3v) is 8.20. The van der Waals surface area contributed by atoms with Crippen molar-refractivity contribution < 1.29 is 20.1 Å². The fraction of sp³-hybridized carbons (Fsp3) is 0.816. The average molecular weight is 606 g/mol. The molecular formula is C38H71NO4. The molecule has 0 aromatic carbocycles. The molecule has 0 bridgehead atoms. The maximum Gasteiger partial charge on any atom is 0.249 e. The van der Waals surface area contributed by atoms with Gasteiger partial charge in [-0.25, -0.2) is 0 Å². The smallest absolute Gasteiger partial charge is 0.249 e. The number of carbonyl (C=O) groups excluding carboxylic acids is 1. The largest absolute Gasteiger partial charge is 0.394 e. The number of allylic oxidation sites excluding steroid dienone is 5. The average Bonchev–Trinajstić information content (AvgIpc) is 3.01. The third-order valence-electron chi connectivity index (χ3n) is 8.20. The monoisotopic (exact) mass is 606 g/mol. The zero-order chi connectivity index (χ0) is 31.6. The number of nitrogens with one attached hydrogen (secondary N) is 1. The SMILES string of the molecule is CCCCCCC/C=C/CC/C=C/C(O)C(CO)NC(=O)C(O)CCCCCCCC/C=C\CCCCCCCCCC. The van der Waals surface area contributed by atoms with Crippen molar-refractivity contribution in [3.63, 3.8) is 0 Å². The number of carbonyl (C=O) groups is 1. The van der Waals surface area contributed by atoms with Crippen molar-refractivity contribution in [1.29, 1.82) is 0 Å². The molecule has 5 heteroatoms. The summed E-state index contributed by atoms with van der Waals surface area (Å²) in [6, 6.07) is -0.813. The summed E-state index contributed by atoms with van der Waals surface area (Å²) >= 11 is 0. The molecular weight excluding hydrogens is 534 g/mol. The van der Waals surface area contributed by atoms with Crippen LogP contribution in [-0.2, 0) is 4.79 Å². The Morgan fingerprint density at radius 2 is 0.953 bits per heavy atom. The summed E-state index contributed by atoms with van der Waals surface area (Å²) < 4.78 is 0. The van der Waals surface area contributed by atoms with E-state index in [9.17, 15) is 20.1 Å². The normalized spacial score (nSPS) is 14.3. The third kappa shape index (κ3) is 29.1. The van der Waals surface area contributed by atoms with E-state index in [2.05, 4.69) is 43.5 Å². The molecule has 1 amide bonds. The van der Waals surface area contributed by atoms with E-state index in [0.717, 1.165) is 38.5 Å². The van der Waals surface area contributed by atoms with Gasteiger partial charge in [0.2, 0.25) is 5.91 Å². The second-order valence-electron chi connectivity index (χ2n) is 12.4. The van der Waals surface area contributed by atoms with Crippen LogP contribution in [0.1, 0.15) is 174 Å². The Hall–Kier alpha value is -1.43. The van der Waals surface area contributed by atoms with E-state index in [-0.39, 0.29) is 6.61 Å². The van der Waals surface area contributed by atoms with Gasteiger partial charge in [0.25, 0.3) is 0 Å². The predicted molar refractivity (Wildman–Crippen MR) is 185 cm³/mol. The van der Waals surface area contributed by atoms with E-state index >= 15 is 0 Å². The fourth-order valence-corrected chi connectivity index (χ4v) is 5.25. The van der Waals surface area contributed by atoms with Crippen LogP contribution in [0.4, 0.5) is 0 Å². The highest BCUT2D eigenvalue weighted by Gasteiger charge is 2.22. The molecule has 0 saturated heterocycles. The summed E-state index contributed by atoms with van der Waals surface area (Å²) in [5.74, 6) is -0.521. The van der Waals surface area contributed by atoms with Crippen molar-refractivity contribution in [2.24, 2.45) is 0 Å². The van der Waals surface area contributed by atoms with Gasteiger partial charge in [0.05, 0.1) is 18.8 Å². The Kier molecular flexibility index (Phi) is 32.3. The highest BCUT2D eigenvalue weighted by atomic mass is 16.3. The lowest BCUT2D eigenvalue weighted by Gasteiger charge is -2.21. The van der Waals surface area contributed by atoms with Gasteiger partial charge in [-0.1, -0.05) is 153 Å². The van der Waals surface area contributed by atoms with Gasteiger partial charge in [-0.3, -0.25) is 4.79 Å². The zero-order valence-corrected chi connectivity index (χ0v) is 28.3. The van der Waals surface area contributed by atoms with Crippen molar-refractivity contribution in [3.05, 3.63) is 36.5 Å². The molecule has 0 aliphatic carbocycles. The summed E-state index contributed by atoms with van der Waals surface area (Å²) in [5, 5.41) is 32.8. The molecule has 0 fully saturated rings. The van der Waals surface area contributed by atoms with E-state index in [0.29, 0.717) is 6.42 Å². The number of amides is 1. The molecule has 3 unspecified atom stereocenters. The number of aliphatic hydroxyl groups excluding tert-OH is 3. The second-order valence-corrected chi connectivity index (χ2v) is 12.4. The first-order valence-electron chi connectivity index (χ1n) is 18.3. The first-order valence-corrected chi connectivity index (χ1v) is 18.3. The molecule has 5 nitrogen and oxygen atoms in total. The Morgan fingerprint density at radius 1 is 0.558 bits per heavy atom. The van der Waals surface area contributed by atoms with Gasteiger partial charge in [-0.15, -0.1) is 0 Å². The van der Waals surface area contributed by atoms with Gasteiger partial charge < -0.3 is 20.6 Å². The van der Waals surface area contributed by atoms with Crippen molar-refractivity contribution in [1.82, 2.24) is 5.32 Å². The maximum absolute atomic E-state index is 12.4. The van der Waals surface area contributed by atoms with E-state index in [4.69, 9.17) is 0 Å². The molecule has 252 valence electrons. The van der Waals surface area contributed by atoms with Crippen molar-refractivity contribution in [2.75, 3.05) is 6.61 Å². The lowest BCUT2D eigenvalue weighted by molar-refractivity contribution is -0.131. The number of hydrogen-bond acceptors (Lipinski definition) is 4. The van der Waals surface area contributed by atoms with E-state index < -0.39 is 24.2 Å². The highest BCUT2D eigenvalue weighted by Crippen LogP contribution is 2.13. The molecule has 0 aliphatic rings. The molecule has 0 radical (unpaired) electrons. The lowest BCUT2D eigenvalue weighted by atomic mass is 10.0. The van der Waals surface area contributed by atoms with Crippen LogP contribution < -0.4 is 5.32 Å². The molecule has 3 atom stereocenters. The van der Waals surface area contributed by atoms with Crippen molar-refractivity contribution >= 4 is 5.91 Å². The maximum atomic E-state index is 12.4. The van der Waals surface area contributed by atoms with Crippen LogP contribution in [0.15, 0.2) is 36.5 Å². The number of unbranched alkanes of at least 4 members (excludes halogenated alkanes) is 20. The predicted octanol–water partition coefficient (Wildman–Crippen LogP) is 9.65. The van der Waals surface area contributed by atoms with E-state index in [1.165, 1.54) is 116 Å². The minimum Gasteiger partial charge on any atom is -0.394 e. The summed E-state index contributed by atoms with van der Waals surface area (Å²) in [7, 11) is 0. The van der Waals surface area contributed by atoms with Gasteiger partial charge in [0, 0.05) is 0 Å². The van der Waals surface area contributed by atoms with Crippen molar-refractivity contribution in [3.8, 4) is 0 Å². The Labute approximate surface area is 266 Å². The number of hydrogen-bond donors (Lipinski definition) is 4. The molecule has 43 heavy (non-hydrogen) atoms. The highest BCUT2D eigenvalue weighted by molar-refractivity contribution is 5.80. The Balaban J connectivity index is 3.77. The van der Waals surface area contributed by atoms with Crippen LogP contribution in [0.5, 0.6) is 0 Å². The van der Waals surface area contributed by atoms with E-state index in [1.807, 2.05) is 6.08 Å². The number of aliphatic hydroxyl groups is 3. The zero-order valence-electron chi connectivity index (χ0n) is 28.3. The van der Waals surface area contributed by atoms with E-state index in [1.54, 1.807) is 6.08 Å². The summed E-state index contributed by atoms with van der Waals surface area (Å²) in [4.78, 5) is 12.4. The lowest BCUT2D eigenvalue weighted by Crippen LogP contribution is -2.48. The standard InChI is InChI=1S/C38H71NO4/c1-3-5-7-9-11-13-15-16-17-18-19-20-21-23-25-27-29-31-33-37(42)38(43)39-35(34-40)36(41)32-30-28-26-24-22-14-12-10-8-6-4-2/h18-19,22,24,30,32,35-37,40-42H,3-17,20-21,23,25-29,31,33-34H2,1-2H3,(H,39,43)/b19-18-,24-22+,32-30+. The molecule has 0 saturated carbocycles. The van der Waals surface area contributed by atoms with Crippen LogP contribution in [0.2, 0.25) is 0 Å². The second kappa shape index (κ2) is 33.5. The van der Waals surface area contributed by atoms with Crippen LogP contribution >= 0.6 is 0 Å². The van der Waals surface area contributed by atoms with Crippen LogP contribution in [0.25, 0.3) is 0 Å².